The van der Waals surface area contributed by atoms with Crippen LogP contribution < -0.4 is 11.1 Å². The molecule has 0 aliphatic heterocycles. The maximum atomic E-state index is 5.50. The van der Waals surface area contributed by atoms with E-state index in [-0.39, 0.29) is 0 Å². The zero-order valence-electron chi connectivity index (χ0n) is 6.79. The molecule has 0 bridgehead atoms. The minimum atomic E-state index is 0.462. The van der Waals surface area contributed by atoms with Crippen molar-refractivity contribution < 1.29 is 0 Å². The van der Waals surface area contributed by atoms with Gasteiger partial charge in [-0.1, -0.05) is 17.9 Å². The number of nitrogen functional groups attached to an aromatic ring is 1. The lowest BCUT2D eigenvalue weighted by atomic mass is 10.6. The Morgan fingerprint density at radius 3 is 2.50 bits per heavy atom. The van der Waals surface area contributed by atoms with Gasteiger partial charge in [-0.05, 0) is 13.6 Å². The number of anilines is 2. The third kappa shape index (κ3) is 3.67. The second-order valence-corrected chi connectivity index (χ2v) is 2.86. The molecular formula is C6H11N5S. The Morgan fingerprint density at radius 1 is 1.58 bits per heavy atom. The van der Waals surface area contributed by atoms with Crippen LogP contribution in [0.5, 0.6) is 0 Å². The van der Waals surface area contributed by atoms with Crippen LogP contribution in [0.4, 0.5) is 10.3 Å². The molecule has 6 heteroatoms. The van der Waals surface area contributed by atoms with Gasteiger partial charge in [-0.25, -0.2) is 0 Å². The van der Waals surface area contributed by atoms with Gasteiger partial charge in [0, 0.05) is 5.70 Å². The number of nitrogens with two attached hydrogens (primary N) is 1. The Balaban J connectivity index is 0.000000561. The van der Waals surface area contributed by atoms with E-state index < -0.39 is 0 Å². The summed E-state index contributed by atoms with van der Waals surface area (Å²) >= 11 is 1.30. The molecular weight excluding hydrogens is 174 g/mol. The Labute approximate surface area is 74.8 Å². The van der Waals surface area contributed by atoms with E-state index in [0.717, 1.165) is 5.70 Å². The molecule has 0 radical (unpaired) electrons. The molecule has 0 saturated carbocycles. The number of nitrogens with one attached hydrogen (secondary N) is 2. The second kappa shape index (κ2) is 5.25. The van der Waals surface area contributed by atoms with Crippen LogP contribution in [0.2, 0.25) is 0 Å². The Hall–Kier alpha value is -1.43. The van der Waals surface area contributed by atoms with Gasteiger partial charge in [0.1, 0.15) is 0 Å². The number of rotatable bonds is 2. The van der Waals surface area contributed by atoms with Crippen molar-refractivity contribution in [3.05, 3.63) is 12.3 Å². The molecule has 0 saturated heterocycles. The van der Waals surface area contributed by atoms with Crippen LogP contribution in [0.15, 0.2) is 12.3 Å². The van der Waals surface area contributed by atoms with Crippen molar-refractivity contribution >= 4 is 28.3 Å². The van der Waals surface area contributed by atoms with E-state index in [1.807, 2.05) is 6.92 Å². The fraction of sp³-hybridized carbons (Fsp3) is 0.167. The summed E-state index contributed by atoms with van der Waals surface area (Å²) in [6.45, 7) is 7.99. The summed E-state index contributed by atoms with van der Waals surface area (Å²) in [6.07, 6.45) is 0. The van der Waals surface area contributed by atoms with Gasteiger partial charge in [-0.2, -0.15) is 0 Å². The third-order valence-electron chi connectivity index (χ3n) is 0.761. The van der Waals surface area contributed by atoms with E-state index in [1.165, 1.54) is 11.3 Å². The predicted molar refractivity (Wildman–Crippen MR) is 52.6 cm³/mol. The molecule has 1 rings (SSSR count). The highest BCUT2D eigenvalue weighted by molar-refractivity contribution is 7.18. The summed E-state index contributed by atoms with van der Waals surface area (Å²) in [5.41, 5.74) is 6.16. The van der Waals surface area contributed by atoms with Gasteiger partial charge in [0.25, 0.3) is 0 Å². The minimum absolute atomic E-state index is 0.462. The maximum absolute atomic E-state index is 5.50. The first-order valence-electron chi connectivity index (χ1n) is 3.05. The lowest BCUT2D eigenvalue weighted by Gasteiger charge is -1.95. The van der Waals surface area contributed by atoms with Crippen molar-refractivity contribution in [3.63, 3.8) is 0 Å². The van der Waals surface area contributed by atoms with E-state index >= 15 is 0 Å². The molecule has 0 atom stereocenters. The first kappa shape index (κ1) is 10.6. The largest absolute Gasteiger partial charge is 0.374 e. The molecule has 12 heavy (non-hydrogen) atoms. The van der Waals surface area contributed by atoms with Gasteiger partial charge in [0.05, 0.1) is 0 Å². The number of allylic oxidation sites excluding steroid dienone is 1. The fourth-order valence-corrected chi connectivity index (χ4v) is 1.05. The van der Waals surface area contributed by atoms with Crippen LogP contribution in [0.1, 0.15) is 6.92 Å². The molecule has 66 valence electrons. The maximum Gasteiger partial charge on any atom is 0.211 e. The molecule has 0 unspecified atom stereocenters. The Morgan fingerprint density at radius 2 is 2.17 bits per heavy atom. The van der Waals surface area contributed by atoms with E-state index in [9.17, 15) is 0 Å². The smallest absolute Gasteiger partial charge is 0.211 e. The minimum Gasteiger partial charge on any atom is -0.374 e. The average Bonchev–Trinajstić information content (AvgIpc) is 2.39. The van der Waals surface area contributed by atoms with E-state index in [2.05, 4.69) is 28.8 Å². The Bertz CT molecular complexity index is 256. The number of aromatic nitrogens is 2. The zero-order chi connectivity index (χ0) is 9.56. The van der Waals surface area contributed by atoms with Crippen molar-refractivity contribution in [3.8, 4) is 0 Å². The molecule has 0 aromatic carbocycles. The molecule has 0 aliphatic rings. The number of hydrogen-bond acceptors (Lipinski definition) is 6. The highest BCUT2D eigenvalue weighted by atomic mass is 32.1. The first-order valence-corrected chi connectivity index (χ1v) is 3.87. The molecule has 1 heterocycles. The molecule has 1 aromatic rings. The topological polar surface area (TPSA) is 87.7 Å². The zero-order valence-corrected chi connectivity index (χ0v) is 7.61. The van der Waals surface area contributed by atoms with Crippen LogP contribution in [0.25, 0.3) is 0 Å². The standard InChI is InChI=1S/C5H8N4S.CH3N/c1-3(2)7-5-9-8-4(6)10-5;1-2/h1H2,2H3,(H2,6,8)(H,7,9);2H,1H2. The molecule has 0 amide bonds. The molecule has 0 spiro atoms. The van der Waals surface area contributed by atoms with Crippen LogP contribution in [-0.4, -0.2) is 16.9 Å². The fourth-order valence-electron chi connectivity index (χ4n) is 0.468. The lowest BCUT2D eigenvalue weighted by molar-refractivity contribution is 1.09. The highest BCUT2D eigenvalue weighted by Gasteiger charge is 1.97. The van der Waals surface area contributed by atoms with E-state index in [0.29, 0.717) is 10.3 Å². The van der Waals surface area contributed by atoms with Gasteiger partial charge >= 0.3 is 0 Å². The molecule has 0 aliphatic carbocycles. The highest BCUT2D eigenvalue weighted by Crippen LogP contribution is 2.17. The van der Waals surface area contributed by atoms with Crippen LogP contribution in [0, 0.1) is 5.41 Å². The van der Waals surface area contributed by atoms with E-state index in [4.69, 9.17) is 11.1 Å². The molecule has 1 aromatic heterocycles. The van der Waals surface area contributed by atoms with Crippen LogP contribution in [-0.2, 0) is 0 Å². The monoisotopic (exact) mass is 185 g/mol. The van der Waals surface area contributed by atoms with Crippen LogP contribution in [0.3, 0.4) is 0 Å². The second-order valence-electron chi connectivity index (χ2n) is 1.85. The predicted octanol–water partition coefficient (Wildman–Crippen LogP) is 1.33. The van der Waals surface area contributed by atoms with Crippen molar-refractivity contribution in [2.45, 2.75) is 6.92 Å². The van der Waals surface area contributed by atoms with Gasteiger partial charge in [-0.3, -0.25) is 0 Å². The van der Waals surface area contributed by atoms with Crippen LogP contribution >= 0.6 is 11.3 Å². The normalized spacial score (nSPS) is 8.08. The average molecular weight is 185 g/mol. The number of hydrogen-bond donors (Lipinski definition) is 3. The summed E-state index contributed by atoms with van der Waals surface area (Å²) in [4.78, 5) is 0. The van der Waals surface area contributed by atoms with Gasteiger partial charge < -0.3 is 16.5 Å². The quantitative estimate of drug-likeness (QED) is 0.606. The molecule has 4 N–H and O–H groups in total. The SMILES string of the molecule is C=C(C)Nc1nnc(N)s1.C=N. The van der Waals surface area contributed by atoms with Gasteiger partial charge in [0.15, 0.2) is 0 Å². The van der Waals surface area contributed by atoms with Gasteiger partial charge in [0.2, 0.25) is 10.3 Å². The summed E-state index contributed by atoms with van der Waals surface area (Å²) in [6, 6.07) is 0. The van der Waals surface area contributed by atoms with Crippen molar-refractivity contribution in [2.24, 2.45) is 0 Å². The summed E-state index contributed by atoms with van der Waals surface area (Å²) in [7, 11) is 0. The van der Waals surface area contributed by atoms with E-state index in [1.54, 1.807) is 0 Å². The summed E-state index contributed by atoms with van der Waals surface area (Å²) in [5.74, 6) is 0. The Kier molecular flexibility index (Phi) is 4.62. The number of nitrogens with zero attached hydrogens (tertiary/aromatic N) is 2. The van der Waals surface area contributed by atoms with Crippen molar-refractivity contribution in [1.82, 2.24) is 10.2 Å². The molecule has 0 fully saturated rings. The van der Waals surface area contributed by atoms with Crippen molar-refractivity contribution in [1.29, 1.82) is 5.41 Å². The molecule has 5 nitrogen and oxygen atoms in total. The van der Waals surface area contributed by atoms with Crippen molar-refractivity contribution in [2.75, 3.05) is 11.1 Å². The third-order valence-corrected chi connectivity index (χ3v) is 1.43. The lowest BCUT2D eigenvalue weighted by Crippen LogP contribution is -1.91. The van der Waals surface area contributed by atoms with Gasteiger partial charge in [-0.15, -0.1) is 10.2 Å². The first-order chi connectivity index (χ1) is 5.68. The summed E-state index contributed by atoms with van der Waals surface area (Å²) in [5, 5.41) is 16.9. The summed E-state index contributed by atoms with van der Waals surface area (Å²) < 4.78 is 0.